The number of carbonyl (C=O) groups excluding carboxylic acids is 1. The number of hydrogen-bond donors (Lipinski definition) is 3. The number of guanidine groups is 1. The summed E-state index contributed by atoms with van der Waals surface area (Å²) >= 11 is 0. The topological polar surface area (TPSA) is 94.2 Å². The first-order valence-electron chi connectivity index (χ1n) is 16.6. The van der Waals surface area contributed by atoms with Gasteiger partial charge in [0.05, 0.1) is 18.2 Å². The number of rotatable bonds is 9. The van der Waals surface area contributed by atoms with Crippen LogP contribution in [-0.2, 0) is 24.8 Å². The van der Waals surface area contributed by atoms with Crippen LogP contribution in [0.3, 0.4) is 0 Å². The van der Waals surface area contributed by atoms with E-state index in [0.29, 0.717) is 48.0 Å². The van der Waals surface area contributed by atoms with E-state index in [1.165, 1.54) is 11.1 Å². The average Bonchev–Trinajstić information content (AvgIpc) is 3.35. The highest BCUT2D eigenvalue weighted by Crippen LogP contribution is 2.66. The molecule has 3 N–H and O–H groups in total. The molecule has 0 spiro atoms. The van der Waals surface area contributed by atoms with Crippen molar-refractivity contribution in [3.8, 4) is 0 Å². The van der Waals surface area contributed by atoms with Gasteiger partial charge in [-0.1, -0.05) is 48.0 Å². The van der Waals surface area contributed by atoms with Crippen LogP contribution in [0, 0.1) is 52.8 Å². The lowest BCUT2D eigenvalue weighted by Gasteiger charge is -2.66. The number of allylic oxidation sites excluding steroid dienone is 1. The van der Waals surface area contributed by atoms with Crippen LogP contribution < -0.4 is 10.8 Å². The highest BCUT2D eigenvalue weighted by Gasteiger charge is 2.62. The highest BCUT2D eigenvalue weighted by molar-refractivity contribution is 6.00. The molecule has 2 fully saturated rings. The van der Waals surface area contributed by atoms with E-state index >= 15 is 4.39 Å². The van der Waals surface area contributed by atoms with E-state index in [2.05, 4.69) is 67.9 Å². The van der Waals surface area contributed by atoms with Gasteiger partial charge in [0, 0.05) is 39.1 Å². The van der Waals surface area contributed by atoms with Crippen molar-refractivity contribution in [2.24, 2.45) is 69.8 Å². The van der Waals surface area contributed by atoms with Gasteiger partial charge >= 0.3 is 0 Å². The summed E-state index contributed by atoms with van der Waals surface area (Å²) in [5.41, 5.74) is 5.00. The zero-order valence-corrected chi connectivity index (χ0v) is 27.2. The number of likely N-dealkylation sites (tertiary alicyclic amines) is 1. The van der Waals surface area contributed by atoms with Gasteiger partial charge < -0.3 is 14.8 Å². The van der Waals surface area contributed by atoms with Crippen molar-refractivity contribution >= 4 is 23.9 Å². The van der Waals surface area contributed by atoms with Gasteiger partial charge in [0.15, 0.2) is 0 Å². The molecule has 6 unspecified atom stereocenters. The number of amides is 1. The van der Waals surface area contributed by atoms with Gasteiger partial charge in [-0.25, -0.2) is 19.9 Å². The Balaban J connectivity index is 1.21. The fraction of sp³-hybridized carbons (Fsp3) is 0.735. The fourth-order valence-electron chi connectivity index (χ4n) is 9.21. The quantitative estimate of drug-likeness (QED) is 0.261. The fourth-order valence-corrected chi connectivity index (χ4v) is 9.21. The van der Waals surface area contributed by atoms with E-state index in [4.69, 9.17) is 5.21 Å². The number of aryl methyl sites for hydroxylation is 1. The Morgan fingerprint density at radius 3 is 2.51 bits per heavy atom. The van der Waals surface area contributed by atoms with Gasteiger partial charge in [0.2, 0.25) is 5.96 Å². The zero-order chi connectivity index (χ0) is 31.1. The van der Waals surface area contributed by atoms with E-state index < -0.39 is 11.8 Å². The Bertz CT molecular complexity index is 1250. The first kappa shape index (κ1) is 31.9. The summed E-state index contributed by atoms with van der Waals surface area (Å²) < 4.78 is 17.9. The summed E-state index contributed by atoms with van der Waals surface area (Å²) in [5.74, 6) is 3.37. The average molecular weight is 597 g/mol. The minimum Gasteiger partial charge on any atom is -0.348 e. The van der Waals surface area contributed by atoms with Crippen LogP contribution in [0.2, 0.25) is 0 Å². The number of nitrogens with zero attached hydrogens (tertiary/aromatic N) is 4. The summed E-state index contributed by atoms with van der Waals surface area (Å²) in [6, 6.07) is 0. The van der Waals surface area contributed by atoms with E-state index in [0.717, 1.165) is 57.6 Å². The molecule has 9 heteroatoms. The van der Waals surface area contributed by atoms with Crippen LogP contribution in [0.5, 0.6) is 0 Å². The molecule has 8 nitrogen and oxygen atoms in total. The largest absolute Gasteiger partial charge is 0.348 e. The van der Waals surface area contributed by atoms with Crippen LogP contribution in [0.1, 0.15) is 77.6 Å². The number of carbonyl (C=O) groups is 1. The molecule has 4 aliphatic rings. The van der Waals surface area contributed by atoms with Crippen molar-refractivity contribution in [3.63, 3.8) is 0 Å². The Kier molecular flexibility index (Phi) is 9.52. The van der Waals surface area contributed by atoms with Crippen molar-refractivity contribution in [3.05, 3.63) is 29.1 Å². The molecule has 0 radical (unpaired) electrons. The Morgan fingerprint density at radius 1 is 1.21 bits per heavy atom. The van der Waals surface area contributed by atoms with Crippen molar-refractivity contribution in [2.75, 3.05) is 26.2 Å². The second-order valence-corrected chi connectivity index (χ2v) is 14.1. The van der Waals surface area contributed by atoms with Crippen LogP contribution in [0.25, 0.3) is 5.83 Å². The summed E-state index contributed by atoms with van der Waals surface area (Å²) in [6.07, 6.45) is 9.87. The molecule has 1 aromatic rings. The molecular weight excluding hydrogens is 543 g/mol. The smallest absolute Gasteiger partial charge is 0.253 e. The van der Waals surface area contributed by atoms with Crippen LogP contribution in [0.4, 0.5) is 4.39 Å². The number of hydroxylamine groups is 1. The molecule has 5 rings (SSSR count). The Morgan fingerprint density at radius 2 is 1.91 bits per heavy atom. The standard InChI is InChI=1S/C34H53FN6O2/c1-8-20(2)22(4)34(23(5)21(3)24(34)6)28-13-29-27(19-40(7)31(29)30(35)14-28)16-36-15-25-9-11-41(12-10-25)33-37-17-26(18-38-33)32(42)39-43/h14,17,19-26,28,36,43H,8-13,15-16,18H2,1-7H3,(H,39,42). The Labute approximate surface area is 257 Å². The Hall–Kier alpha value is -2.52. The molecule has 1 amide bonds. The summed E-state index contributed by atoms with van der Waals surface area (Å²) in [4.78, 5) is 22.6. The lowest BCUT2D eigenvalue weighted by atomic mass is 9.38. The maximum absolute atomic E-state index is 15.9. The molecule has 3 heterocycles. The first-order valence-corrected chi connectivity index (χ1v) is 16.6. The van der Waals surface area contributed by atoms with Crippen molar-refractivity contribution < 1.29 is 14.4 Å². The number of fused-ring (bicyclic) bond motifs is 1. The van der Waals surface area contributed by atoms with E-state index in [9.17, 15) is 4.79 Å². The van der Waals surface area contributed by atoms with Gasteiger partial charge in [-0.3, -0.25) is 10.0 Å². The first-order chi connectivity index (χ1) is 20.5. The van der Waals surface area contributed by atoms with Gasteiger partial charge in [0.25, 0.3) is 5.91 Å². The molecule has 0 aromatic carbocycles. The third kappa shape index (κ3) is 5.60. The number of aromatic nitrogens is 1. The maximum atomic E-state index is 15.9. The molecule has 238 valence electrons. The molecule has 1 saturated carbocycles. The van der Waals surface area contributed by atoms with E-state index in [1.807, 2.05) is 17.7 Å². The predicted molar refractivity (Wildman–Crippen MR) is 170 cm³/mol. The third-order valence-corrected chi connectivity index (χ3v) is 12.3. The lowest BCUT2D eigenvalue weighted by molar-refractivity contribution is -0.175. The normalized spacial score (nSPS) is 32.4. The van der Waals surface area contributed by atoms with Crippen molar-refractivity contribution in [1.82, 2.24) is 20.3 Å². The minimum absolute atomic E-state index is 0.0429. The van der Waals surface area contributed by atoms with E-state index in [1.54, 1.807) is 11.7 Å². The number of halogens is 1. The molecule has 0 bridgehead atoms. The van der Waals surface area contributed by atoms with Crippen LogP contribution in [0.15, 0.2) is 22.3 Å². The summed E-state index contributed by atoms with van der Waals surface area (Å²) in [6.45, 7) is 18.1. The number of hydrogen-bond acceptors (Lipinski definition) is 6. The molecule has 43 heavy (non-hydrogen) atoms. The number of piperidine rings is 1. The van der Waals surface area contributed by atoms with Crippen LogP contribution in [-0.4, -0.2) is 58.9 Å². The van der Waals surface area contributed by atoms with Gasteiger partial charge in [0.1, 0.15) is 5.83 Å². The highest BCUT2D eigenvalue weighted by atomic mass is 19.1. The third-order valence-electron chi connectivity index (χ3n) is 12.3. The van der Waals surface area contributed by atoms with Crippen molar-refractivity contribution in [2.45, 2.75) is 73.8 Å². The molecule has 2 aliphatic carbocycles. The summed E-state index contributed by atoms with van der Waals surface area (Å²) in [5, 5.41) is 12.6. The van der Waals surface area contributed by atoms with E-state index in [-0.39, 0.29) is 17.2 Å². The predicted octanol–water partition coefficient (Wildman–Crippen LogP) is 5.46. The van der Waals surface area contributed by atoms with Gasteiger partial charge in [-0.2, -0.15) is 0 Å². The zero-order valence-electron chi connectivity index (χ0n) is 27.2. The lowest BCUT2D eigenvalue weighted by Crippen LogP contribution is -2.62. The SMILES string of the molecule is CCC(C)C(C)C1(C2C=C(F)c3c(c(CNCC4CCN(C5=NCC(C(=O)NO)C=N5)CC4)cn3C)C2)C(C)C(C)C1C. The second kappa shape index (κ2) is 12.8. The number of aliphatic imine (C=N–C) groups is 2. The molecule has 6 atom stereocenters. The van der Waals surface area contributed by atoms with Gasteiger partial charge in [-0.15, -0.1) is 0 Å². The number of nitrogens with one attached hydrogen (secondary N) is 2. The van der Waals surface area contributed by atoms with Gasteiger partial charge in [-0.05, 0) is 89.9 Å². The monoisotopic (exact) mass is 596 g/mol. The maximum Gasteiger partial charge on any atom is 0.253 e. The molecular formula is C34H53FN6O2. The molecule has 1 aromatic heterocycles. The molecule has 2 aliphatic heterocycles. The molecule has 1 saturated heterocycles. The van der Waals surface area contributed by atoms with Crippen molar-refractivity contribution in [1.29, 1.82) is 0 Å². The minimum atomic E-state index is -0.517. The van der Waals surface area contributed by atoms with Crippen LogP contribution >= 0.6 is 0 Å². The summed E-state index contributed by atoms with van der Waals surface area (Å²) in [7, 11) is 1.98. The second-order valence-electron chi connectivity index (χ2n) is 14.1.